The Morgan fingerprint density at radius 3 is 2.37 bits per heavy atom. The Labute approximate surface area is 205 Å². The number of para-hydroxylation sites is 1. The number of hydrogen-bond acceptors (Lipinski definition) is 6. The normalized spacial score (nSPS) is 10.8. The first-order valence-electron chi connectivity index (χ1n) is 11.6. The summed E-state index contributed by atoms with van der Waals surface area (Å²) in [7, 11) is 3.31. The lowest BCUT2D eigenvalue weighted by molar-refractivity contribution is -0.121. The van der Waals surface area contributed by atoms with Gasteiger partial charge in [-0.1, -0.05) is 42.5 Å². The molecule has 0 aliphatic heterocycles. The fourth-order valence-electron chi connectivity index (χ4n) is 3.82. The molecule has 1 aromatic heterocycles. The van der Waals surface area contributed by atoms with Gasteiger partial charge in [0, 0.05) is 44.1 Å². The lowest BCUT2D eigenvalue weighted by Crippen LogP contribution is -2.33. The van der Waals surface area contributed by atoms with Gasteiger partial charge in [-0.2, -0.15) is 0 Å². The number of ether oxygens (including phenoxy) is 2. The molecule has 0 bridgehead atoms. The second-order valence-electron chi connectivity index (χ2n) is 8.11. The van der Waals surface area contributed by atoms with Gasteiger partial charge >= 0.3 is 0 Å². The molecule has 4 aromatic rings. The van der Waals surface area contributed by atoms with Crippen molar-refractivity contribution in [2.45, 2.75) is 13.0 Å². The average molecular weight is 471 g/mol. The number of hydrogen-bond donors (Lipinski definition) is 1. The van der Waals surface area contributed by atoms with E-state index >= 15 is 0 Å². The van der Waals surface area contributed by atoms with Crippen LogP contribution in [0, 0.1) is 0 Å². The zero-order valence-corrected chi connectivity index (χ0v) is 20.1. The van der Waals surface area contributed by atoms with Gasteiger partial charge in [0.2, 0.25) is 5.91 Å². The van der Waals surface area contributed by atoms with Crippen LogP contribution in [0.4, 0.5) is 5.82 Å². The summed E-state index contributed by atoms with van der Waals surface area (Å²) >= 11 is 0. The maximum absolute atomic E-state index is 12.6. The SMILES string of the molecule is COCCN(CCC(=O)NCc1ccccc1)c1nc(-c2ccc(OC)cc2)nc2ccccc12. The number of carbonyl (C=O) groups excluding carboxylic acids is 1. The third-order valence-electron chi connectivity index (χ3n) is 5.74. The van der Waals surface area contributed by atoms with E-state index in [9.17, 15) is 4.79 Å². The summed E-state index contributed by atoms with van der Waals surface area (Å²) in [6.07, 6.45) is 0.340. The van der Waals surface area contributed by atoms with E-state index in [1.54, 1.807) is 14.2 Å². The number of nitrogens with zero attached hydrogens (tertiary/aromatic N) is 3. The molecule has 7 nitrogen and oxygen atoms in total. The molecule has 1 N–H and O–H groups in total. The zero-order valence-electron chi connectivity index (χ0n) is 20.1. The predicted molar refractivity (Wildman–Crippen MR) is 139 cm³/mol. The van der Waals surface area contributed by atoms with Crippen molar-refractivity contribution in [2.24, 2.45) is 0 Å². The Morgan fingerprint density at radius 2 is 1.63 bits per heavy atom. The van der Waals surface area contributed by atoms with Crippen molar-refractivity contribution in [2.75, 3.05) is 38.8 Å². The van der Waals surface area contributed by atoms with E-state index in [1.165, 1.54) is 0 Å². The summed E-state index contributed by atoms with van der Waals surface area (Å²) in [4.78, 5) is 24.5. The Hall–Kier alpha value is -3.97. The van der Waals surface area contributed by atoms with Gasteiger partial charge in [0.15, 0.2) is 5.82 Å². The number of rotatable bonds is 11. The van der Waals surface area contributed by atoms with E-state index < -0.39 is 0 Å². The van der Waals surface area contributed by atoms with Crippen molar-refractivity contribution in [1.82, 2.24) is 15.3 Å². The minimum Gasteiger partial charge on any atom is -0.497 e. The summed E-state index contributed by atoms with van der Waals surface area (Å²) in [6.45, 7) is 2.14. The molecule has 0 aliphatic rings. The molecule has 0 saturated carbocycles. The lowest BCUT2D eigenvalue weighted by atomic mass is 10.1. The van der Waals surface area contributed by atoms with Crippen LogP contribution in [0.2, 0.25) is 0 Å². The summed E-state index contributed by atoms with van der Waals surface area (Å²) in [5.74, 6) is 2.18. The molecular weight excluding hydrogens is 440 g/mol. The first-order valence-corrected chi connectivity index (χ1v) is 11.6. The minimum atomic E-state index is -0.00925. The second-order valence-corrected chi connectivity index (χ2v) is 8.11. The summed E-state index contributed by atoms with van der Waals surface area (Å²) in [5.41, 5.74) is 2.81. The van der Waals surface area contributed by atoms with Crippen molar-refractivity contribution >= 4 is 22.6 Å². The molecule has 1 heterocycles. The molecule has 0 atom stereocenters. The summed E-state index contributed by atoms with van der Waals surface area (Å²) in [6, 6.07) is 25.5. The number of carbonyl (C=O) groups is 1. The van der Waals surface area contributed by atoms with Crippen LogP contribution in [-0.4, -0.2) is 49.8 Å². The van der Waals surface area contributed by atoms with Gasteiger partial charge in [-0.3, -0.25) is 4.79 Å². The Kier molecular flexibility index (Phi) is 8.25. The largest absolute Gasteiger partial charge is 0.497 e. The van der Waals surface area contributed by atoms with Crippen molar-refractivity contribution in [1.29, 1.82) is 0 Å². The molecule has 35 heavy (non-hydrogen) atoms. The third-order valence-corrected chi connectivity index (χ3v) is 5.74. The number of nitrogens with one attached hydrogen (secondary N) is 1. The molecule has 4 rings (SSSR count). The van der Waals surface area contributed by atoms with Crippen LogP contribution in [0.1, 0.15) is 12.0 Å². The van der Waals surface area contributed by atoms with Crippen LogP contribution in [0.5, 0.6) is 5.75 Å². The van der Waals surface area contributed by atoms with Crippen molar-refractivity contribution in [3.63, 3.8) is 0 Å². The first-order chi connectivity index (χ1) is 17.2. The van der Waals surface area contributed by atoms with E-state index in [1.807, 2.05) is 78.9 Å². The monoisotopic (exact) mass is 470 g/mol. The zero-order chi connectivity index (χ0) is 24.5. The van der Waals surface area contributed by atoms with E-state index in [0.29, 0.717) is 38.5 Å². The highest BCUT2D eigenvalue weighted by Crippen LogP contribution is 2.28. The molecular formula is C28H30N4O3. The van der Waals surface area contributed by atoms with Gasteiger partial charge in [-0.15, -0.1) is 0 Å². The molecule has 180 valence electrons. The van der Waals surface area contributed by atoms with Crippen LogP contribution in [0.15, 0.2) is 78.9 Å². The standard InChI is InChI=1S/C28H30N4O3/c1-34-19-18-32(17-16-26(33)29-20-21-8-4-3-5-9-21)28-24-10-6-7-11-25(24)30-27(31-28)22-12-14-23(35-2)15-13-22/h3-15H,16-20H2,1-2H3,(H,29,33). The molecule has 0 aliphatic carbocycles. The third kappa shape index (κ3) is 6.33. The Morgan fingerprint density at radius 1 is 0.886 bits per heavy atom. The van der Waals surface area contributed by atoms with Crippen molar-refractivity contribution in [3.05, 3.63) is 84.4 Å². The molecule has 1 amide bonds. The number of anilines is 1. The smallest absolute Gasteiger partial charge is 0.222 e. The molecule has 0 spiro atoms. The van der Waals surface area contributed by atoms with Crippen molar-refractivity contribution < 1.29 is 14.3 Å². The van der Waals surface area contributed by atoms with E-state index in [0.717, 1.165) is 33.6 Å². The molecule has 7 heteroatoms. The van der Waals surface area contributed by atoms with Crippen molar-refractivity contribution in [3.8, 4) is 17.1 Å². The van der Waals surface area contributed by atoms with Gasteiger partial charge in [0.05, 0.1) is 19.2 Å². The van der Waals surface area contributed by atoms with E-state index in [-0.39, 0.29) is 5.91 Å². The molecule has 0 saturated heterocycles. The Bertz CT molecular complexity index is 1250. The maximum Gasteiger partial charge on any atom is 0.222 e. The van der Waals surface area contributed by atoms with E-state index in [2.05, 4.69) is 10.2 Å². The fraction of sp³-hybridized carbons (Fsp3) is 0.250. The first kappa shape index (κ1) is 24.2. The highest BCUT2D eigenvalue weighted by atomic mass is 16.5. The second kappa shape index (κ2) is 11.9. The number of amides is 1. The van der Waals surface area contributed by atoms with Gasteiger partial charge in [-0.05, 0) is 42.0 Å². The fourth-order valence-corrected chi connectivity index (χ4v) is 3.82. The predicted octanol–water partition coefficient (Wildman–Crippen LogP) is 4.46. The Balaban J connectivity index is 1.58. The van der Waals surface area contributed by atoms with Crippen LogP contribution in [0.25, 0.3) is 22.3 Å². The lowest BCUT2D eigenvalue weighted by Gasteiger charge is -2.25. The van der Waals surface area contributed by atoms with Crippen LogP contribution < -0.4 is 15.0 Å². The van der Waals surface area contributed by atoms with Gasteiger partial charge in [0.1, 0.15) is 11.6 Å². The highest BCUT2D eigenvalue weighted by Gasteiger charge is 2.17. The maximum atomic E-state index is 12.6. The quantitative estimate of drug-likeness (QED) is 0.349. The topological polar surface area (TPSA) is 76.6 Å². The number of methoxy groups -OCH3 is 2. The molecule has 0 fully saturated rings. The van der Waals surface area contributed by atoms with Gasteiger partial charge < -0.3 is 19.7 Å². The average Bonchev–Trinajstić information content (AvgIpc) is 2.92. The summed E-state index contributed by atoms with van der Waals surface area (Å²) < 4.78 is 10.6. The van der Waals surface area contributed by atoms with Crippen LogP contribution >= 0.6 is 0 Å². The number of benzene rings is 3. The minimum absolute atomic E-state index is 0.00925. The molecule has 0 radical (unpaired) electrons. The summed E-state index contributed by atoms with van der Waals surface area (Å²) in [5, 5.41) is 3.94. The van der Waals surface area contributed by atoms with Crippen LogP contribution in [-0.2, 0) is 16.1 Å². The van der Waals surface area contributed by atoms with Crippen LogP contribution in [0.3, 0.4) is 0 Å². The number of fused-ring (bicyclic) bond motifs is 1. The van der Waals surface area contributed by atoms with Gasteiger partial charge in [0.25, 0.3) is 0 Å². The number of aromatic nitrogens is 2. The van der Waals surface area contributed by atoms with E-state index in [4.69, 9.17) is 19.4 Å². The highest BCUT2D eigenvalue weighted by molar-refractivity contribution is 5.91. The molecule has 0 unspecified atom stereocenters. The van der Waals surface area contributed by atoms with Gasteiger partial charge in [-0.25, -0.2) is 9.97 Å². The molecule has 3 aromatic carbocycles.